The van der Waals surface area contributed by atoms with E-state index in [0.717, 1.165) is 18.6 Å². The minimum atomic E-state index is -0.295. The molecule has 0 radical (unpaired) electrons. The predicted octanol–water partition coefficient (Wildman–Crippen LogP) is 2.62. The molecule has 0 fully saturated rings. The van der Waals surface area contributed by atoms with Crippen molar-refractivity contribution < 1.29 is 9.53 Å². The molecule has 4 nitrogen and oxygen atoms in total. The Hall–Kier alpha value is -2.15. The zero-order chi connectivity index (χ0) is 13.4. The van der Waals surface area contributed by atoms with Crippen molar-refractivity contribution in [2.75, 3.05) is 12.4 Å². The topological polar surface area (TPSA) is 50.4 Å². The third-order valence-electron chi connectivity index (χ3n) is 2.43. The number of methoxy groups -OCH3 is 1. The molecule has 18 heavy (non-hydrogen) atoms. The molecule has 0 aliphatic carbocycles. The number of amides is 2. The number of hydrogen-bond acceptors (Lipinski definition) is 2. The summed E-state index contributed by atoms with van der Waals surface area (Å²) in [6, 6.07) is 6.57. The number of anilines is 1. The molecule has 1 rings (SSSR count). The lowest BCUT2D eigenvalue weighted by Gasteiger charge is -2.13. The van der Waals surface area contributed by atoms with Crippen molar-refractivity contribution in [1.29, 1.82) is 0 Å². The molecule has 2 amide bonds. The van der Waals surface area contributed by atoms with E-state index in [-0.39, 0.29) is 12.1 Å². The van der Waals surface area contributed by atoms with E-state index in [1.807, 2.05) is 6.92 Å². The number of nitrogens with one attached hydrogen (secondary N) is 2. The number of benzene rings is 1. The maximum Gasteiger partial charge on any atom is 0.320 e. The van der Waals surface area contributed by atoms with Gasteiger partial charge < -0.3 is 15.4 Å². The summed E-state index contributed by atoms with van der Waals surface area (Å²) in [5.74, 6) is 3.29. The van der Waals surface area contributed by atoms with E-state index in [1.165, 1.54) is 0 Å². The fourth-order valence-electron chi connectivity index (χ4n) is 1.49. The smallest absolute Gasteiger partial charge is 0.320 e. The van der Waals surface area contributed by atoms with Crippen LogP contribution in [0.25, 0.3) is 0 Å². The number of urea groups is 1. The molecular weight excluding hydrogens is 228 g/mol. The van der Waals surface area contributed by atoms with Crippen molar-refractivity contribution in [3.05, 3.63) is 24.3 Å². The quantitative estimate of drug-likeness (QED) is 0.785. The lowest BCUT2D eigenvalue weighted by Crippen LogP contribution is -2.36. The lowest BCUT2D eigenvalue weighted by molar-refractivity contribution is 0.250. The molecule has 1 aromatic rings. The van der Waals surface area contributed by atoms with E-state index in [0.29, 0.717) is 5.69 Å². The average molecular weight is 246 g/mol. The van der Waals surface area contributed by atoms with E-state index in [4.69, 9.17) is 11.2 Å². The third kappa shape index (κ3) is 4.38. The summed E-state index contributed by atoms with van der Waals surface area (Å²) in [4.78, 5) is 11.7. The number of ether oxygens (including phenoxy) is 1. The standard InChI is InChI=1S/C14H18N2O2/c1-4-6-11(5-2)15-14(17)16-12-7-9-13(18-3)10-8-12/h2,7-11H,4,6H2,1,3H3,(H2,15,16,17). The number of hydrogen-bond donors (Lipinski definition) is 2. The van der Waals surface area contributed by atoms with Crippen LogP contribution in [0.5, 0.6) is 5.75 Å². The van der Waals surface area contributed by atoms with Gasteiger partial charge in [-0.1, -0.05) is 19.3 Å². The summed E-state index contributed by atoms with van der Waals surface area (Å²) in [5, 5.41) is 5.44. The SMILES string of the molecule is C#CC(CCC)NC(=O)Nc1ccc(OC)cc1. The van der Waals surface area contributed by atoms with Gasteiger partial charge in [-0.05, 0) is 30.7 Å². The van der Waals surface area contributed by atoms with E-state index in [1.54, 1.807) is 31.4 Å². The van der Waals surface area contributed by atoms with Gasteiger partial charge in [0.25, 0.3) is 0 Å². The molecule has 96 valence electrons. The fraction of sp³-hybridized carbons (Fsp3) is 0.357. The molecule has 0 bridgehead atoms. The monoisotopic (exact) mass is 246 g/mol. The van der Waals surface area contributed by atoms with Gasteiger partial charge in [0, 0.05) is 5.69 Å². The Kier molecular flexibility index (Phi) is 5.59. The zero-order valence-corrected chi connectivity index (χ0v) is 10.7. The van der Waals surface area contributed by atoms with Crippen molar-refractivity contribution in [3.8, 4) is 18.1 Å². The maximum atomic E-state index is 11.7. The van der Waals surface area contributed by atoms with Gasteiger partial charge in [-0.25, -0.2) is 4.79 Å². The molecule has 0 aliphatic heterocycles. The molecule has 0 saturated heterocycles. The Morgan fingerprint density at radius 3 is 2.61 bits per heavy atom. The molecule has 0 spiro atoms. The second-order valence-electron chi connectivity index (χ2n) is 3.83. The fourth-order valence-corrected chi connectivity index (χ4v) is 1.49. The van der Waals surface area contributed by atoms with Crippen LogP contribution in [0.4, 0.5) is 10.5 Å². The minimum absolute atomic E-state index is 0.228. The average Bonchev–Trinajstić information content (AvgIpc) is 2.39. The van der Waals surface area contributed by atoms with Crippen molar-refractivity contribution in [3.63, 3.8) is 0 Å². The van der Waals surface area contributed by atoms with Crippen LogP contribution in [-0.2, 0) is 0 Å². The Morgan fingerprint density at radius 2 is 2.11 bits per heavy atom. The molecule has 2 N–H and O–H groups in total. The van der Waals surface area contributed by atoms with Gasteiger partial charge in [-0.15, -0.1) is 6.42 Å². The molecule has 0 aromatic heterocycles. The van der Waals surface area contributed by atoms with Gasteiger partial charge >= 0.3 is 6.03 Å². The van der Waals surface area contributed by atoms with Crippen LogP contribution in [0, 0.1) is 12.3 Å². The van der Waals surface area contributed by atoms with Gasteiger partial charge in [-0.3, -0.25) is 0 Å². The summed E-state index contributed by atoms with van der Waals surface area (Å²) in [5.41, 5.74) is 0.695. The largest absolute Gasteiger partial charge is 0.497 e. The zero-order valence-electron chi connectivity index (χ0n) is 10.7. The first-order valence-electron chi connectivity index (χ1n) is 5.87. The van der Waals surface area contributed by atoms with Gasteiger partial charge in [0.2, 0.25) is 0 Å². The first kappa shape index (κ1) is 13.9. The summed E-state index contributed by atoms with van der Waals surface area (Å²) in [6.07, 6.45) is 7.03. The van der Waals surface area contributed by atoms with Crippen molar-refractivity contribution in [2.24, 2.45) is 0 Å². The first-order valence-corrected chi connectivity index (χ1v) is 5.87. The maximum absolute atomic E-state index is 11.7. The summed E-state index contributed by atoms with van der Waals surface area (Å²) in [6.45, 7) is 2.02. The second-order valence-corrected chi connectivity index (χ2v) is 3.83. The highest BCUT2D eigenvalue weighted by Crippen LogP contribution is 2.14. The highest BCUT2D eigenvalue weighted by Gasteiger charge is 2.08. The summed E-state index contributed by atoms with van der Waals surface area (Å²) >= 11 is 0. The van der Waals surface area contributed by atoms with Gasteiger partial charge in [0.1, 0.15) is 5.75 Å². The number of terminal acetylenes is 1. The van der Waals surface area contributed by atoms with Crippen LogP contribution >= 0.6 is 0 Å². The third-order valence-corrected chi connectivity index (χ3v) is 2.43. The number of carbonyl (C=O) groups excluding carboxylic acids is 1. The highest BCUT2D eigenvalue weighted by molar-refractivity contribution is 5.89. The highest BCUT2D eigenvalue weighted by atomic mass is 16.5. The minimum Gasteiger partial charge on any atom is -0.497 e. The molecular formula is C14H18N2O2. The molecule has 1 aromatic carbocycles. The lowest BCUT2D eigenvalue weighted by atomic mass is 10.2. The Labute approximate surface area is 108 Å². The van der Waals surface area contributed by atoms with Crippen LogP contribution in [0.15, 0.2) is 24.3 Å². The van der Waals surface area contributed by atoms with E-state index in [9.17, 15) is 4.79 Å². The van der Waals surface area contributed by atoms with Crippen LogP contribution in [0.3, 0.4) is 0 Å². The van der Waals surface area contributed by atoms with E-state index < -0.39 is 0 Å². The van der Waals surface area contributed by atoms with Crippen LogP contribution in [0.1, 0.15) is 19.8 Å². The summed E-state index contributed by atoms with van der Waals surface area (Å²) in [7, 11) is 1.59. The number of carbonyl (C=O) groups is 1. The molecule has 1 unspecified atom stereocenters. The van der Waals surface area contributed by atoms with Crippen molar-refractivity contribution >= 4 is 11.7 Å². The Bertz CT molecular complexity index is 420. The first-order chi connectivity index (χ1) is 8.69. The normalized spacial score (nSPS) is 11.2. The van der Waals surface area contributed by atoms with Gasteiger partial charge in [0.15, 0.2) is 0 Å². The van der Waals surface area contributed by atoms with Crippen LogP contribution in [0.2, 0.25) is 0 Å². The van der Waals surface area contributed by atoms with Gasteiger partial charge in [0.05, 0.1) is 13.2 Å². The molecule has 1 atom stereocenters. The molecule has 0 saturated carbocycles. The molecule has 0 heterocycles. The second kappa shape index (κ2) is 7.23. The summed E-state index contributed by atoms with van der Waals surface area (Å²) < 4.78 is 5.03. The Morgan fingerprint density at radius 1 is 1.44 bits per heavy atom. The Balaban J connectivity index is 2.51. The van der Waals surface area contributed by atoms with E-state index >= 15 is 0 Å². The van der Waals surface area contributed by atoms with Crippen LogP contribution < -0.4 is 15.4 Å². The molecule has 4 heteroatoms. The van der Waals surface area contributed by atoms with Crippen molar-refractivity contribution in [2.45, 2.75) is 25.8 Å². The number of rotatable bonds is 5. The van der Waals surface area contributed by atoms with Crippen LogP contribution in [-0.4, -0.2) is 19.2 Å². The van der Waals surface area contributed by atoms with Gasteiger partial charge in [-0.2, -0.15) is 0 Å². The molecule has 0 aliphatic rings. The predicted molar refractivity (Wildman–Crippen MR) is 72.7 cm³/mol. The van der Waals surface area contributed by atoms with E-state index in [2.05, 4.69) is 16.6 Å². The van der Waals surface area contributed by atoms with Crippen molar-refractivity contribution in [1.82, 2.24) is 5.32 Å².